The molecule has 0 spiro atoms. The first-order chi connectivity index (χ1) is 41.6. The third-order valence-corrected chi connectivity index (χ3v) is 28.8. The molecule has 0 bridgehead atoms. The van der Waals surface area contributed by atoms with E-state index in [1.807, 2.05) is 0 Å². The van der Waals surface area contributed by atoms with E-state index in [2.05, 4.69) is 308 Å². The summed E-state index contributed by atoms with van der Waals surface area (Å²) in [5.74, 6) is -0.624. The zero-order valence-electron chi connectivity index (χ0n) is 49.4. The molecule has 3 heterocycles. The highest BCUT2D eigenvalue weighted by Gasteiger charge is 2.50. The van der Waals surface area contributed by atoms with Gasteiger partial charge in [0.2, 0.25) is 0 Å². The second kappa shape index (κ2) is 23.9. The van der Waals surface area contributed by atoms with Gasteiger partial charge in [-0.3, -0.25) is 0 Å². The Hall–Kier alpha value is -6.68. The van der Waals surface area contributed by atoms with Crippen molar-refractivity contribution in [3.8, 4) is 22.3 Å². The van der Waals surface area contributed by atoms with Crippen molar-refractivity contribution in [3.05, 3.63) is 289 Å². The standard InChI is InChI=1S/C46H36P2.C33H36O2P2/c1-47-27-33-21-19-29-11-3-7-15-35(29)41(33)43-37-17-9-5-13-31(37)23-25-39(43)45(47)46-40-26-24-32-14-6-10-18-38(32)44(40)42-34(28-48(46)2)22-20-30-12-4-8-16-36(30)42;1-25(36(27-17-9-5-10-18-27)28-19-11-6-12-20-28)31-32(35-33(3,4)34-31)26(2)37(29-21-13-7-14-22-29)30-23-15-8-16-24-30/h3-26,45-46H,27-28H2,1-2H3;5-26,31-32H,1-4H3/t45-,46?,47?,48?;25-,26?,31-,32-/m01/s1. The monoisotopic (exact) mass is 1180 g/mol. The summed E-state index contributed by atoms with van der Waals surface area (Å²) in [4.78, 5) is 0. The third kappa shape index (κ3) is 10.6. The van der Waals surface area contributed by atoms with Gasteiger partial charge in [0.25, 0.3) is 0 Å². The zero-order valence-corrected chi connectivity index (χ0v) is 53.0. The number of benzene rings is 12. The van der Waals surface area contributed by atoms with Crippen LogP contribution in [0, 0.1) is 0 Å². The lowest BCUT2D eigenvalue weighted by atomic mass is 9.83. The molecule has 1 saturated heterocycles. The molecule has 85 heavy (non-hydrogen) atoms. The Morgan fingerprint density at radius 1 is 0.341 bits per heavy atom. The summed E-state index contributed by atoms with van der Waals surface area (Å²) in [7, 11) is -2.06. The van der Waals surface area contributed by atoms with Crippen LogP contribution in [0.1, 0.15) is 61.3 Å². The Labute approximate surface area is 507 Å². The number of hydrogen-bond acceptors (Lipinski definition) is 2. The van der Waals surface area contributed by atoms with Gasteiger partial charge >= 0.3 is 0 Å². The van der Waals surface area contributed by atoms with Crippen molar-refractivity contribution in [1.82, 2.24) is 0 Å². The number of ether oxygens (including phenoxy) is 2. The first-order valence-electron chi connectivity index (χ1n) is 30.2. The fraction of sp³-hybridized carbons (Fsp3) is 0.190. The van der Waals surface area contributed by atoms with E-state index in [-0.39, 0.29) is 39.4 Å². The van der Waals surface area contributed by atoms with Crippen LogP contribution in [0.4, 0.5) is 0 Å². The van der Waals surface area contributed by atoms with E-state index in [1.54, 1.807) is 11.1 Å². The van der Waals surface area contributed by atoms with Crippen molar-refractivity contribution in [2.45, 2.75) is 80.6 Å². The molecule has 0 N–H and O–H groups in total. The van der Waals surface area contributed by atoms with Crippen molar-refractivity contribution < 1.29 is 9.47 Å². The lowest BCUT2D eigenvalue weighted by Gasteiger charge is -2.37. The SMILES string of the molecule is CC([C@H]1OC(C)(C)O[C@@H]1[C@@H](C)P(c1ccccc1)c1ccccc1)P(c1ccccc1)c1ccccc1.CP1Cc2ccc3ccccc3c2-c2c(ccc3ccccc23)C1[C@@H]1c2ccc3ccccc3c2-c2c(ccc3ccccc23)CP1C. The predicted octanol–water partition coefficient (Wildman–Crippen LogP) is 20.2. The van der Waals surface area contributed by atoms with Gasteiger partial charge in [0.05, 0.1) is 12.2 Å². The highest BCUT2D eigenvalue weighted by molar-refractivity contribution is 7.74. The molecule has 12 aromatic carbocycles. The van der Waals surface area contributed by atoms with Crippen LogP contribution in [0.15, 0.2) is 267 Å². The van der Waals surface area contributed by atoms with Crippen LogP contribution in [0.25, 0.3) is 65.3 Å². The summed E-state index contributed by atoms with van der Waals surface area (Å²) < 4.78 is 13.6. The minimum atomic E-state index is -0.642. The second-order valence-corrected chi connectivity index (χ2v) is 33.9. The molecule has 4 unspecified atom stereocenters. The summed E-state index contributed by atoms with van der Waals surface area (Å²) in [6, 6.07) is 99.7. The lowest BCUT2D eigenvalue weighted by Crippen LogP contribution is -2.42. The minimum Gasteiger partial charge on any atom is -0.344 e. The molecule has 3 aliphatic rings. The summed E-state index contributed by atoms with van der Waals surface area (Å²) in [6.45, 7) is 14.1. The molecule has 6 heteroatoms. The summed E-state index contributed by atoms with van der Waals surface area (Å²) in [5, 5.41) is 16.4. The van der Waals surface area contributed by atoms with E-state index in [9.17, 15) is 0 Å². The lowest BCUT2D eigenvalue weighted by molar-refractivity contribution is -0.145. The van der Waals surface area contributed by atoms with Gasteiger partial charge in [-0.1, -0.05) is 297 Å². The molecule has 8 atom stereocenters. The van der Waals surface area contributed by atoms with E-state index in [0.29, 0.717) is 11.3 Å². The quantitative estimate of drug-likeness (QED) is 0.134. The molecule has 3 aliphatic heterocycles. The average Bonchev–Trinajstić information content (AvgIpc) is 1.81. The number of rotatable bonds is 9. The van der Waals surface area contributed by atoms with Crippen molar-refractivity contribution in [3.63, 3.8) is 0 Å². The average molecular weight is 1180 g/mol. The molecule has 0 saturated carbocycles. The highest BCUT2D eigenvalue weighted by atomic mass is 31.1. The zero-order chi connectivity index (χ0) is 57.8. The number of hydrogen-bond donors (Lipinski definition) is 0. The molecule has 12 aromatic rings. The Kier molecular flexibility index (Phi) is 15.8. The Bertz CT molecular complexity index is 4000. The van der Waals surface area contributed by atoms with E-state index in [1.165, 1.54) is 97.7 Å². The molecule has 0 aliphatic carbocycles. The van der Waals surface area contributed by atoms with Crippen LogP contribution in [0.3, 0.4) is 0 Å². The van der Waals surface area contributed by atoms with Crippen LogP contribution < -0.4 is 21.2 Å². The van der Waals surface area contributed by atoms with Gasteiger partial charge in [-0.25, -0.2) is 0 Å². The largest absolute Gasteiger partial charge is 0.344 e. The summed E-state index contributed by atoms with van der Waals surface area (Å²) in [5.41, 5.74) is 13.5. The molecular weight excluding hydrogens is 1100 g/mol. The molecular formula is C79H72O2P4. The van der Waals surface area contributed by atoms with Crippen LogP contribution >= 0.6 is 31.7 Å². The number of fused-ring (bicyclic) bond motifs is 14. The normalized spacial score (nSPS) is 20.4. The molecule has 420 valence electrons. The minimum absolute atomic E-state index is 0.0195. The van der Waals surface area contributed by atoms with Crippen molar-refractivity contribution in [2.24, 2.45) is 0 Å². The smallest absolute Gasteiger partial charge is 0.163 e. The van der Waals surface area contributed by atoms with E-state index in [0.717, 1.165) is 12.3 Å². The molecule has 15 rings (SSSR count). The van der Waals surface area contributed by atoms with Crippen molar-refractivity contribution >= 4 is 96.0 Å². The van der Waals surface area contributed by atoms with E-state index in [4.69, 9.17) is 9.47 Å². The Balaban J connectivity index is 0.000000156. The van der Waals surface area contributed by atoms with Crippen molar-refractivity contribution in [2.75, 3.05) is 13.3 Å². The molecule has 0 aromatic heterocycles. The highest BCUT2D eigenvalue weighted by Crippen LogP contribution is 2.72. The topological polar surface area (TPSA) is 18.5 Å². The van der Waals surface area contributed by atoms with E-state index >= 15 is 0 Å². The first-order valence-corrected chi connectivity index (χ1v) is 37.1. The fourth-order valence-electron chi connectivity index (χ4n) is 14.6. The third-order valence-electron chi connectivity index (χ3n) is 18.2. The van der Waals surface area contributed by atoms with Crippen LogP contribution in [-0.4, -0.2) is 42.6 Å². The van der Waals surface area contributed by atoms with Gasteiger partial charge in [-0.2, -0.15) is 0 Å². The molecule has 0 amide bonds. The van der Waals surface area contributed by atoms with E-state index < -0.39 is 21.6 Å². The van der Waals surface area contributed by atoms with Crippen molar-refractivity contribution in [1.29, 1.82) is 0 Å². The second-order valence-electron chi connectivity index (χ2n) is 24.0. The van der Waals surface area contributed by atoms with Gasteiger partial charge in [0.15, 0.2) is 5.79 Å². The first kappa shape index (κ1) is 56.1. The maximum absolute atomic E-state index is 6.79. The molecule has 1 fully saturated rings. The van der Waals surface area contributed by atoms with Crippen LogP contribution in [0.5, 0.6) is 0 Å². The van der Waals surface area contributed by atoms with Gasteiger partial charge in [0, 0.05) is 22.6 Å². The van der Waals surface area contributed by atoms with Gasteiger partial charge in [-0.05, 0) is 164 Å². The van der Waals surface area contributed by atoms with Gasteiger partial charge in [0.1, 0.15) is 0 Å². The Morgan fingerprint density at radius 3 is 0.929 bits per heavy atom. The fourth-order valence-corrected chi connectivity index (χ4v) is 26.1. The van der Waals surface area contributed by atoms with Crippen LogP contribution in [-0.2, 0) is 21.8 Å². The van der Waals surface area contributed by atoms with Gasteiger partial charge in [-0.15, -0.1) is 0 Å². The Morgan fingerprint density at radius 2 is 0.612 bits per heavy atom. The maximum Gasteiger partial charge on any atom is 0.163 e. The van der Waals surface area contributed by atoms with Gasteiger partial charge < -0.3 is 9.47 Å². The summed E-state index contributed by atoms with van der Waals surface area (Å²) in [6.07, 6.45) is 2.24. The molecule has 0 radical (unpaired) electrons. The molecule has 2 nitrogen and oxygen atoms in total. The maximum atomic E-state index is 6.79. The van der Waals surface area contributed by atoms with Crippen LogP contribution in [0.2, 0.25) is 0 Å². The summed E-state index contributed by atoms with van der Waals surface area (Å²) >= 11 is 0. The predicted molar refractivity (Wildman–Crippen MR) is 373 cm³/mol.